The van der Waals surface area contributed by atoms with Crippen LogP contribution < -0.4 is 10.6 Å². The first-order valence-electron chi connectivity index (χ1n) is 9.85. The summed E-state index contributed by atoms with van der Waals surface area (Å²) in [6, 6.07) is 11.6. The molecule has 2 aliphatic rings. The molecular formula is C22H24FN3O3. The second-order valence-corrected chi connectivity index (χ2v) is 7.66. The first-order chi connectivity index (χ1) is 14.0. The van der Waals surface area contributed by atoms with Gasteiger partial charge in [-0.05, 0) is 47.7 Å². The molecule has 0 saturated carbocycles. The Labute approximate surface area is 168 Å². The van der Waals surface area contributed by atoms with Crippen LogP contribution in [0.3, 0.4) is 0 Å². The second-order valence-electron chi connectivity index (χ2n) is 7.66. The summed E-state index contributed by atoms with van der Waals surface area (Å²) in [6.07, 6.45) is 0.676. The lowest BCUT2D eigenvalue weighted by Crippen LogP contribution is -2.45. The average molecular weight is 397 g/mol. The number of β-amino-alcohol motifs (C(OH)–C–C–N with tert-alkyl or cyclic N) is 1. The molecule has 0 aromatic heterocycles. The lowest BCUT2D eigenvalue weighted by atomic mass is 9.98. The number of benzene rings is 2. The van der Waals surface area contributed by atoms with E-state index in [4.69, 9.17) is 0 Å². The van der Waals surface area contributed by atoms with E-state index in [0.29, 0.717) is 37.3 Å². The molecule has 4 rings (SSSR count). The highest BCUT2D eigenvalue weighted by Gasteiger charge is 2.32. The molecule has 0 radical (unpaired) electrons. The molecule has 2 heterocycles. The van der Waals surface area contributed by atoms with Crippen LogP contribution in [-0.4, -0.2) is 47.1 Å². The summed E-state index contributed by atoms with van der Waals surface area (Å²) in [6.45, 7) is 1.55. The van der Waals surface area contributed by atoms with Crippen LogP contribution in [0.4, 0.5) is 10.1 Å². The number of carbonyl (C=O) groups is 2. The Hall–Kier alpha value is -2.77. The Bertz CT molecular complexity index is 933. The highest BCUT2D eigenvalue weighted by molar-refractivity contribution is 5.92. The molecule has 2 aliphatic heterocycles. The van der Waals surface area contributed by atoms with E-state index in [1.54, 1.807) is 23.1 Å². The fourth-order valence-corrected chi connectivity index (χ4v) is 3.97. The Kier molecular flexibility index (Phi) is 5.60. The minimum absolute atomic E-state index is 0.00110. The number of nitrogens with zero attached hydrogens (tertiary/aromatic N) is 1. The topological polar surface area (TPSA) is 81.7 Å². The van der Waals surface area contributed by atoms with E-state index in [9.17, 15) is 19.1 Å². The van der Waals surface area contributed by atoms with Crippen molar-refractivity contribution >= 4 is 17.5 Å². The molecule has 1 fully saturated rings. The zero-order valence-corrected chi connectivity index (χ0v) is 16.0. The van der Waals surface area contributed by atoms with E-state index in [-0.39, 0.29) is 24.3 Å². The van der Waals surface area contributed by atoms with Gasteiger partial charge in [-0.25, -0.2) is 4.39 Å². The SMILES string of the molecule is O=C(Cc1ccccc1F)Nc1ccc2c(c1)CN(C(=O)[C@H]1C[C@@H](O)CN1)CC2. The molecule has 3 N–H and O–H groups in total. The number of fused-ring (bicyclic) bond motifs is 1. The van der Waals surface area contributed by atoms with Crippen molar-refractivity contribution in [3.05, 3.63) is 65.0 Å². The van der Waals surface area contributed by atoms with Crippen molar-refractivity contribution in [2.75, 3.05) is 18.4 Å². The molecule has 2 aromatic rings. The number of hydrogen-bond acceptors (Lipinski definition) is 4. The molecule has 6 nitrogen and oxygen atoms in total. The van der Waals surface area contributed by atoms with Crippen LogP contribution in [0.15, 0.2) is 42.5 Å². The summed E-state index contributed by atoms with van der Waals surface area (Å²) >= 11 is 0. The standard InChI is InChI=1S/C22H24FN3O3/c23-19-4-2-1-3-15(19)10-21(28)25-17-6-5-14-7-8-26(13-16(14)9-17)22(29)20-11-18(27)12-24-20/h1-6,9,18,20,24,27H,7-8,10-13H2,(H,25,28)/t18-,20-/m1/s1. The minimum atomic E-state index is -0.475. The smallest absolute Gasteiger partial charge is 0.240 e. The molecule has 2 aromatic carbocycles. The monoisotopic (exact) mass is 397 g/mol. The zero-order valence-electron chi connectivity index (χ0n) is 16.0. The van der Waals surface area contributed by atoms with Gasteiger partial charge in [0.2, 0.25) is 11.8 Å². The summed E-state index contributed by atoms with van der Waals surface area (Å²) < 4.78 is 13.7. The van der Waals surface area contributed by atoms with E-state index in [2.05, 4.69) is 10.6 Å². The van der Waals surface area contributed by atoms with Gasteiger partial charge >= 0.3 is 0 Å². The first-order valence-corrected chi connectivity index (χ1v) is 9.85. The minimum Gasteiger partial charge on any atom is -0.392 e. The lowest BCUT2D eigenvalue weighted by molar-refractivity contribution is -0.134. The average Bonchev–Trinajstić information content (AvgIpc) is 3.15. The van der Waals surface area contributed by atoms with Crippen LogP contribution in [0.2, 0.25) is 0 Å². The number of aliphatic hydroxyl groups is 1. The quantitative estimate of drug-likeness (QED) is 0.732. The number of anilines is 1. The summed E-state index contributed by atoms with van der Waals surface area (Å²) in [5.41, 5.74) is 3.13. The van der Waals surface area contributed by atoms with Gasteiger partial charge in [-0.1, -0.05) is 24.3 Å². The molecule has 2 amide bonds. The van der Waals surface area contributed by atoms with Gasteiger partial charge in [0.1, 0.15) is 5.82 Å². The van der Waals surface area contributed by atoms with E-state index < -0.39 is 11.9 Å². The van der Waals surface area contributed by atoms with E-state index in [1.165, 1.54) is 6.07 Å². The normalized spacial score (nSPS) is 21.0. The van der Waals surface area contributed by atoms with Crippen LogP contribution in [0.5, 0.6) is 0 Å². The number of hydrogen-bond donors (Lipinski definition) is 3. The third kappa shape index (κ3) is 4.46. The number of aliphatic hydroxyl groups excluding tert-OH is 1. The predicted molar refractivity (Wildman–Crippen MR) is 107 cm³/mol. The number of rotatable bonds is 4. The van der Waals surface area contributed by atoms with Gasteiger partial charge in [-0.3, -0.25) is 9.59 Å². The van der Waals surface area contributed by atoms with Crippen molar-refractivity contribution in [2.24, 2.45) is 0 Å². The third-order valence-electron chi connectivity index (χ3n) is 5.53. The molecular weight excluding hydrogens is 373 g/mol. The molecule has 0 aliphatic carbocycles. The van der Waals surface area contributed by atoms with Gasteiger partial charge in [0.15, 0.2) is 0 Å². The van der Waals surface area contributed by atoms with Crippen LogP contribution in [0, 0.1) is 5.82 Å². The molecule has 0 bridgehead atoms. The molecule has 1 saturated heterocycles. The van der Waals surface area contributed by atoms with E-state index in [0.717, 1.165) is 17.5 Å². The maximum Gasteiger partial charge on any atom is 0.240 e. The van der Waals surface area contributed by atoms with Crippen molar-refractivity contribution in [1.82, 2.24) is 10.2 Å². The number of carbonyl (C=O) groups excluding carboxylic acids is 2. The van der Waals surface area contributed by atoms with Gasteiger partial charge in [0.05, 0.1) is 18.6 Å². The fourth-order valence-electron chi connectivity index (χ4n) is 3.97. The molecule has 0 unspecified atom stereocenters. The van der Waals surface area contributed by atoms with Crippen molar-refractivity contribution in [3.63, 3.8) is 0 Å². The van der Waals surface area contributed by atoms with Gasteiger partial charge in [0.25, 0.3) is 0 Å². The van der Waals surface area contributed by atoms with Gasteiger partial charge < -0.3 is 20.6 Å². The zero-order chi connectivity index (χ0) is 20.4. The molecule has 29 heavy (non-hydrogen) atoms. The number of halogens is 1. The Balaban J connectivity index is 1.41. The summed E-state index contributed by atoms with van der Waals surface area (Å²) in [4.78, 5) is 26.8. The van der Waals surface area contributed by atoms with Crippen LogP contribution in [-0.2, 0) is 29.0 Å². The third-order valence-corrected chi connectivity index (χ3v) is 5.53. The van der Waals surface area contributed by atoms with Gasteiger partial charge in [0, 0.05) is 25.3 Å². The van der Waals surface area contributed by atoms with Crippen LogP contribution in [0.1, 0.15) is 23.1 Å². The van der Waals surface area contributed by atoms with Crippen molar-refractivity contribution in [1.29, 1.82) is 0 Å². The second kappa shape index (κ2) is 8.31. The fraction of sp³-hybridized carbons (Fsp3) is 0.364. The van der Waals surface area contributed by atoms with Crippen molar-refractivity contribution in [3.8, 4) is 0 Å². The molecule has 7 heteroatoms. The van der Waals surface area contributed by atoms with Gasteiger partial charge in [-0.15, -0.1) is 0 Å². The Morgan fingerprint density at radius 2 is 2.03 bits per heavy atom. The van der Waals surface area contributed by atoms with E-state index in [1.807, 2.05) is 18.2 Å². The molecule has 152 valence electrons. The molecule has 0 spiro atoms. The van der Waals surface area contributed by atoms with Gasteiger partial charge in [-0.2, -0.15) is 0 Å². The highest BCUT2D eigenvalue weighted by Crippen LogP contribution is 2.24. The van der Waals surface area contributed by atoms with E-state index >= 15 is 0 Å². The summed E-state index contributed by atoms with van der Waals surface area (Å²) in [5.74, 6) is -0.683. The lowest BCUT2D eigenvalue weighted by Gasteiger charge is -2.31. The highest BCUT2D eigenvalue weighted by atomic mass is 19.1. The van der Waals surface area contributed by atoms with Crippen molar-refractivity contribution in [2.45, 2.75) is 38.0 Å². The predicted octanol–water partition coefficient (Wildman–Crippen LogP) is 1.61. The maximum atomic E-state index is 13.7. The number of amides is 2. The Morgan fingerprint density at radius 3 is 2.79 bits per heavy atom. The number of nitrogens with one attached hydrogen (secondary N) is 2. The summed E-state index contributed by atoms with van der Waals surface area (Å²) in [5, 5.41) is 15.5. The van der Waals surface area contributed by atoms with Crippen LogP contribution in [0.25, 0.3) is 0 Å². The summed E-state index contributed by atoms with van der Waals surface area (Å²) in [7, 11) is 0. The molecule has 2 atom stereocenters. The largest absolute Gasteiger partial charge is 0.392 e. The Morgan fingerprint density at radius 1 is 1.21 bits per heavy atom. The maximum absolute atomic E-state index is 13.7. The van der Waals surface area contributed by atoms with Crippen LogP contribution >= 0.6 is 0 Å². The van der Waals surface area contributed by atoms with Crippen molar-refractivity contribution < 1.29 is 19.1 Å². The first kappa shape index (κ1) is 19.5.